The number of carbonyl (C=O) groups is 1. The van der Waals surface area contributed by atoms with Crippen LogP contribution in [0, 0.1) is 0 Å². The molecule has 0 spiro atoms. The first-order chi connectivity index (χ1) is 12.8. The molecule has 3 N–H and O–H groups in total. The number of aromatic hydroxyl groups is 1. The largest absolute Gasteiger partial charge is 0.505 e. The number of amides is 1. The molecule has 0 bridgehead atoms. The summed E-state index contributed by atoms with van der Waals surface area (Å²) in [6, 6.07) is 13.6. The third-order valence-corrected chi connectivity index (χ3v) is 4.77. The first-order valence-corrected chi connectivity index (χ1v) is 9.45. The predicted octanol–water partition coefficient (Wildman–Crippen LogP) is 5.85. The van der Waals surface area contributed by atoms with E-state index < -0.39 is 5.91 Å². The fraction of sp³-hybridized carbons (Fsp3) is 0. The average molecular weight is 486 g/mol. The molecule has 0 aliphatic heterocycles. The lowest BCUT2D eigenvalue weighted by molar-refractivity contribution is 0.0951. The Morgan fingerprint density at radius 2 is 1.70 bits per heavy atom. The van der Waals surface area contributed by atoms with Crippen LogP contribution in [0.3, 0.4) is 0 Å². The highest BCUT2D eigenvalue weighted by molar-refractivity contribution is 9.10. The number of furan rings is 1. The fourth-order valence-corrected chi connectivity index (χ4v) is 3.16. The van der Waals surface area contributed by atoms with Crippen molar-refractivity contribution in [1.29, 1.82) is 0 Å². The first-order valence-electron chi connectivity index (χ1n) is 7.49. The standard InChI is InChI=1S/C18H11BrCl2N2O3S/c19-10-3-1-9(2-4-10)14-5-6-15(26-14)17(25)23-18(27)22-11-7-12(20)16(24)13(21)8-11/h1-8,24H,(H2,22,23,25,27). The molecule has 1 heterocycles. The minimum absolute atomic E-state index is 0.0272. The molecule has 27 heavy (non-hydrogen) atoms. The molecule has 0 fully saturated rings. The Hall–Kier alpha value is -2.06. The Balaban J connectivity index is 1.67. The Morgan fingerprint density at radius 1 is 1.07 bits per heavy atom. The van der Waals surface area contributed by atoms with E-state index in [0.717, 1.165) is 10.0 Å². The lowest BCUT2D eigenvalue weighted by Gasteiger charge is -2.10. The van der Waals surface area contributed by atoms with E-state index in [2.05, 4.69) is 26.6 Å². The zero-order chi connectivity index (χ0) is 19.6. The summed E-state index contributed by atoms with van der Waals surface area (Å²) < 4.78 is 6.53. The quantitative estimate of drug-likeness (QED) is 0.320. The van der Waals surface area contributed by atoms with Crippen molar-refractivity contribution in [1.82, 2.24) is 5.32 Å². The number of hydrogen-bond donors (Lipinski definition) is 3. The number of phenols is 1. The van der Waals surface area contributed by atoms with E-state index in [4.69, 9.17) is 39.8 Å². The van der Waals surface area contributed by atoms with Gasteiger partial charge in [-0.25, -0.2) is 0 Å². The smallest absolute Gasteiger partial charge is 0.293 e. The Morgan fingerprint density at radius 3 is 2.33 bits per heavy atom. The summed E-state index contributed by atoms with van der Waals surface area (Å²) in [6.45, 7) is 0. The van der Waals surface area contributed by atoms with Gasteiger partial charge in [-0.3, -0.25) is 10.1 Å². The summed E-state index contributed by atoms with van der Waals surface area (Å²) in [5, 5.41) is 15.0. The molecule has 9 heteroatoms. The number of halogens is 3. The van der Waals surface area contributed by atoms with E-state index in [1.807, 2.05) is 24.3 Å². The van der Waals surface area contributed by atoms with Crippen LogP contribution in [0.4, 0.5) is 5.69 Å². The molecule has 0 unspecified atom stereocenters. The highest BCUT2D eigenvalue weighted by atomic mass is 79.9. The highest BCUT2D eigenvalue weighted by Gasteiger charge is 2.14. The molecular weight excluding hydrogens is 475 g/mol. The molecule has 3 aromatic rings. The van der Waals surface area contributed by atoms with E-state index in [9.17, 15) is 9.90 Å². The Bertz CT molecular complexity index is 999. The van der Waals surface area contributed by atoms with Crippen molar-refractivity contribution in [2.24, 2.45) is 0 Å². The number of anilines is 1. The topological polar surface area (TPSA) is 74.5 Å². The van der Waals surface area contributed by atoms with Crippen molar-refractivity contribution in [2.75, 3.05) is 5.32 Å². The maximum Gasteiger partial charge on any atom is 0.293 e. The van der Waals surface area contributed by atoms with Crippen LogP contribution < -0.4 is 10.6 Å². The van der Waals surface area contributed by atoms with E-state index in [0.29, 0.717) is 11.4 Å². The van der Waals surface area contributed by atoms with Crippen LogP contribution in [0.15, 0.2) is 57.4 Å². The number of rotatable bonds is 3. The number of thiocarbonyl (C=S) groups is 1. The van der Waals surface area contributed by atoms with E-state index in [1.165, 1.54) is 12.1 Å². The van der Waals surface area contributed by atoms with Gasteiger partial charge < -0.3 is 14.8 Å². The summed E-state index contributed by atoms with van der Waals surface area (Å²) in [5.74, 6) is -0.0656. The van der Waals surface area contributed by atoms with Gasteiger partial charge in [-0.1, -0.05) is 51.3 Å². The van der Waals surface area contributed by atoms with Gasteiger partial charge in [0, 0.05) is 15.7 Å². The molecule has 0 aliphatic rings. The van der Waals surface area contributed by atoms with Crippen LogP contribution in [-0.2, 0) is 0 Å². The highest BCUT2D eigenvalue weighted by Crippen LogP contribution is 2.34. The molecule has 5 nitrogen and oxygen atoms in total. The monoisotopic (exact) mass is 484 g/mol. The second-order valence-corrected chi connectivity index (χ2v) is 7.51. The van der Waals surface area contributed by atoms with Crippen molar-refractivity contribution in [3.63, 3.8) is 0 Å². The molecule has 0 radical (unpaired) electrons. The van der Waals surface area contributed by atoms with Crippen molar-refractivity contribution in [3.05, 3.63) is 68.8 Å². The van der Waals surface area contributed by atoms with Crippen LogP contribution in [0.1, 0.15) is 10.6 Å². The number of hydrogen-bond acceptors (Lipinski definition) is 4. The van der Waals surface area contributed by atoms with Crippen molar-refractivity contribution >= 4 is 68.1 Å². The van der Waals surface area contributed by atoms with E-state index >= 15 is 0 Å². The van der Waals surface area contributed by atoms with Gasteiger partial charge in [0.2, 0.25) is 0 Å². The summed E-state index contributed by atoms with van der Waals surface area (Å²) >= 11 is 20.2. The average Bonchev–Trinajstić information content (AvgIpc) is 3.10. The number of phenolic OH excluding ortho intramolecular Hbond substituents is 1. The molecule has 0 saturated heterocycles. The molecule has 1 amide bonds. The Kier molecular flexibility index (Phi) is 6.06. The summed E-state index contributed by atoms with van der Waals surface area (Å²) in [5.41, 5.74) is 1.26. The van der Waals surface area contributed by atoms with Crippen molar-refractivity contribution in [3.8, 4) is 17.1 Å². The molecule has 3 rings (SSSR count). The lowest BCUT2D eigenvalue weighted by atomic mass is 10.2. The molecule has 2 aromatic carbocycles. The van der Waals surface area contributed by atoms with Gasteiger partial charge in [-0.05, 0) is 48.6 Å². The van der Waals surface area contributed by atoms with Gasteiger partial charge >= 0.3 is 0 Å². The Labute approximate surface area is 178 Å². The minimum Gasteiger partial charge on any atom is -0.505 e. The molecule has 1 aromatic heterocycles. The van der Waals surface area contributed by atoms with Gasteiger partial charge in [-0.2, -0.15) is 0 Å². The molecular formula is C18H11BrCl2N2O3S. The van der Waals surface area contributed by atoms with Crippen LogP contribution in [0.2, 0.25) is 10.0 Å². The van der Waals surface area contributed by atoms with Gasteiger partial charge in [-0.15, -0.1) is 0 Å². The van der Waals surface area contributed by atoms with Crippen LogP contribution >= 0.6 is 51.3 Å². The molecule has 0 aliphatic carbocycles. The molecule has 0 atom stereocenters. The normalized spacial score (nSPS) is 10.5. The lowest BCUT2D eigenvalue weighted by Crippen LogP contribution is -2.33. The summed E-state index contributed by atoms with van der Waals surface area (Å²) in [6.07, 6.45) is 0. The minimum atomic E-state index is -0.508. The van der Waals surface area contributed by atoms with Gasteiger partial charge in [0.15, 0.2) is 16.6 Å². The predicted molar refractivity (Wildman–Crippen MR) is 114 cm³/mol. The SMILES string of the molecule is O=C(NC(=S)Nc1cc(Cl)c(O)c(Cl)c1)c1ccc(-c2ccc(Br)cc2)o1. The maximum absolute atomic E-state index is 12.3. The maximum atomic E-state index is 12.3. The van der Waals surface area contributed by atoms with Crippen LogP contribution in [0.5, 0.6) is 5.75 Å². The molecule has 0 saturated carbocycles. The van der Waals surface area contributed by atoms with Crippen LogP contribution in [-0.4, -0.2) is 16.1 Å². The van der Waals surface area contributed by atoms with E-state index in [-0.39, 0.29) is 26.7 Å². The second-order valence-electron chi connectivity index (χ2n) is 5.37. The zero-order valence-corrected chi connectivity index (χ0v) is 17.3. The third-order valence-electron chi connectivity index (χ3n) is 3.46. The number of carbonyl (C=O) groups excluding carboxylic acids is 1. The third kappa shape index (κ3) is 4.81. The van der Waals surface area contributed by atoms with Crippen molar-refractivity contribution < 1.29 is 14.3 Å². The summed E-state index contributed by atoms with van der Waals surface area (Å²) in [4.78, 5) is 12.3. The number of benzene rings is 2. The first kappa shape index (κ1) is 19.7. The molecule has 138 valence electrons. The zero-order valence-electron chi connectivity index (χ0n) is 13.4. The second kappa shape index (κ2) is 8.31. The summed E-state index contributed by atoms with van der Waals surface area (Å²) in [7, 11) is 0. The van der Waals surface area contributed by atoms with Crippen LogP contribution in [0.25, 0.3) is 11.3 Å². The van der Waals surface area contributed by atoms with Gasteiger partial charge in [0.1, 0.15) is 5.76 Å². The van der Waals surface area contributed by atoms with E-state index in [1.54, 1.807) is 12.1 Å². The fourth-order valence-electron chi connectivity index (χ4n) is 2.19. The van der Waals surface area contributed by atoms with Gasteiger partial charge in [0.25, 0.3) is 5.91 Å². The van der Waals surface area contributed by atoms with Gasteiger partial charge in [0.05, 0.1) is 10.0 Å². The van der Waals surface area contributed by atoms with Crippen molar-refractivity contribution in [2.45, 2.75) is 0 Å². The number of nitrogens with one attached hydrogen (secondary N) is 2.